The highest BCUT2D eigenvalue weighted by Crippen LogP contribution is 2.41. The van der Waals surface area contributed by atoms with E-state index in [4.69, 9.17) is 9.47 Å². The number of aryl methyl sites for hydroxylation is 1. The monoisotopic (exact) mass is 433 g/mol. The fraction of sp³-hybridized carbons (Fsp3) is 0.269. The third kappa shape index (κ3) is 5.42. The summed E-state index contributed by atoms with van der Waals surface area (Å²) in [5, 5.41) is 0.00764. The molecule has 0 saturated carbocycles. The Kier molecular flexibility index (Phi) is 7.15. The molecule has 0 aliphatic carbocycles. The highest BCUT2D eigenvalue weighted by atomic mass is 32.2. The van der Waals surface area contributed by atoms with E-state index in [9.17, 15) is 4.79 Å². The van der Waals surface area contributed by atoms with Gasteiger partial charge in [0.25, 0.3) is 0 Å². The summed E-state index contributed by atoms with van der Waals surface area (Å²) in [5.74, 6) is 2.53. The summed E-state index contributed by atoms with van der Waals surface area (Å²) in [4.78, 5) is 15.0. The third-order valence-corrected chi connectivity index (χ3v) is 6.65. The minimum atomic E-state index is 0.00764. The van der Waals surface area contributed by atoms with Gasteiger partial charge in [-0.1, -0.05) is 66.7 Å². The molecule has 1 unspecified atom stereocenters. The Morgan fingerprint density at radius 3 is 2.39 bits per heavy atom. The van der Waals surface area contributed by atoms with Gasteiger partial charge in [0, 0.05) is 18.7 Å². The van der Waals surface area contributed by atoms with Gasteiger partial charge in [-0.05, 0) is 35.2 Å². The fourth-order valence-electron chi connectivity index (χ4n) is 3.74. The van der Waals surface area contributed by atoms with Crippen molar-refractivity contribution in [2.45, 2.75) is 24.8 Å². The topological polar surface area (TPSA) is 38.8 Å². The zero-order valence-electron chi connectivity index (χ0n) is 17.7. The van der Waals surface area contributed by atoms with Gasteiger partial charge in [-0.25, -0.2) is 0 Å². The molecular weight excluding hydrogens is 406 g/mol. The van der Waals surface area contributed by atoms with Crippen molar-refractivity contribution in [3.05, 3.63) is 95.6 Å². The molecule has 31 heavy (non-hydrogen) atoms. The maximum absolute atomic E-state index is 13.0. The average molecular weight is 434 g/mol. The fourth-order valence-corrected chi connectivity index (χ4v) is 5.00. The lowest BCUT2D eigenvalue weighted by atomic mass is 10.1. The van der Waals surface area contributed by atoms with Crippen molar-refractivity contribution in [2.24, 2.45) is 0 Å². The Morgan fingerprint density at radius 2 is 1.68 bits per heavy atom. The van der Waals surface area contributed by atoms with E-state index in [0.29, 0.717) is 24.5 Å². The highest BCUT2D eigenvalue weighted by molar-refractivity contribution is 7.99. The number of amides is 1. The number of hydrogen-bond donors (Lipinski definition) is 0. The van der Waals surface area contributed by atoms with E-state index >= 15 is 0 Å². The first-order valence-corrected chi connectivity index (χ1v) is 11.6. The number of hydrogen-bond acceptors (Lipinski definition) is 4. The van der Waals surface area contributed by atoms with Gasteiger partial charge in [-0.15, -0.1) is 11.8 Å². The predicted molar refractivity (Wildman–Crippen MR) is 125 cm³/mol. The molecule has 1 heterocycles. The second kappa shape index (κ2) is 10.4. The van der Waals surface area contributed by atoms with Crippen molar-refractivity contribution >= 4 is 17.7 Å². The second-order valence-electron chi connectivity index (χ2n) is 7.48. The van der Waals surface area contributed by atoms with Crippen LogP contribution in [-0.2, 0) is 17.8 Å². The molecule has 1 fully saturated rings. The van der Waals surface area contributed by atoms with Gasteiger partial charge >= 0.3 is 0 Å². The highest BCUT2D eigenvalue weighted by Gasteiger charge is 2.31. The Morgan fingerprint density at radius 1 is 0.968 bits per heavy atom. The molecule has 1 aliphatic rings. The Bertz CT molecular complexity index is 994. The number of rotatable bonds is 8. The van der Waals surface area contributed by atoms with Gasteiger partial charge in [0.2, 0.25) is 5.91 Å². The van der Waals surface area contributed by atoms with Crippen LogP contribution in [0, 0.1) is 0 Å². The first-order valence-electron chi connectivity index (χ1n) is 10.5. The largest absolute Gasteiger partial charge is 0.493 e. The smallest absolute Gasteiger partial charge is 0.224 e. The molecule has 0 spiro atoms. The zero-order valence-corrected chi connectivity index (χ0v) is 18.5. The van der Waals surface area contributed by atoms with Crippen LogP contribution < -0.4 is 9.47 Å². The van der Waals surface area contributed by atoms with Crippen LogP contribution in [0.15, 0.2) is 78.9 Å². The van der Waals surface area contributed by atoms with Gasteiger partial charge in [0.1, 0.15) is 12.0 Å². The minimum Gasteiger partial charge on any atom is -0.493 e. The zero-order chi connectivity index (χ0) is 21.5. The van der Waals surface area contributed by atoms with E-state index in [0.717, 1.165) is 29.8 Å². The molecule has 3 aromatic rings. The number of nitrogens with zero attached hydrogens (tertiary/aromatic N) is 1. The molecule has 4 rings (SSSR count). The minimum absolute atomic E-state index is 0.00764. The Balaban J connectivity index is 1.46. The summed E-state index contributed by atoms with van der Waals surface area (Å²) in [6, 6.07) is 26.2. The normalized spacial score (nSPS) is 15.6. The number of carbonyl (C=O) groups is 1. The maximum atomic E-state index is 13.0. The summed E-state index contributed by atoms with van der Waals surface area (Å²) >= 11 is 1.80. The molecule has 1 atom stereocenters. The van der Waals surface area contributed by atoms with E-state index in [1.165, 1.54) is 5.56 Å². The van der Waals surface area contributed by atoms with E-state index in [1.807, 2.05) is 71.6 Å². The molecule has 0 aromatic heterocycles. The molecule has 3 aromatic carbocycles. The van der Waals surface area contributed by atoms with Crippen molar-refractivity contribution in [3.63, 3.8) is 0 Å². The van der Waals surface area contributed by atoms with Gasteiger partial charge < -0.3 is 14.4 Å². The van der Waals surface area contributed by atoms with Gasteiger partial charge in [0.15, 0.2) is 11.5 Å². The van der Waals surface area contributed by atoms with Crippen molar-refractivity contribution < 1.29 is 14.3 Å². The van der Waals surface area contributed by atoms with E-state index in [-0.39, 0.29) is 11.3 Å². The van der Waals surface area contributed by atoms with Crippen molar-refractivity contribution in [1.29, 1.82) is 0 Å². The summed E-state index contributed by atoms with van der Waals surface area (Å²) in [7, 11) is 1.65. The summed E-state index contributed by atoms with van der Waals surface area (Å²) in [5.41, 5.74) is 3.36. The Hall–Kier alpha value is -2.92. The molecule has 160 valence electrons. The molecule has 1 aliphatic heterocycles. The number of benzene rings is 3. The van der Waals surface area contributed by atoms with Crippen LogP contribution in [0.4, 0.5) is 0 Å². The molecule has 4 nitrogen and oxygen atoms in total. The SMILES string of the molecule is COc1ccc(C2SCCN2C(=O)CCc2ccccc2)cc1OCc1ccccc1. The molecule has 1 saturated heterocycles. The van der Waals surface area contributed by atoms with Gasteiger partial charge in [0.05, 0.1) is 7.11 Å². The van der Waals surface area contributed by atoms with Crippen LogP contribution >= 0.6 is 11.8 Å². The van der Waals surface area contributed by atoms with Gasteiger partial charge in [-0.2, -0.15) is 0 Å². The van der Waals surface area contributed by atoms with Crippen molar-refractivity contribution in [2.75, 3.05) is 19.4 Å². The third-order valence-electron chi connectivity index (χ3n) is 5.39. The first kappa shape index (κ1) is 21.3. The Labute approximate surface area is 188 Å². The van der Waals surface area contributed by atoms with Crippen molar-refractivity contribution in [3.8, 4) is 11.5 Å². The average Bonchev–Trinajstić information content (AvgIpc) is 3.32. The van der Waals surface area contributed by atoms with Crippen LogP contribution in [0.3, 0.4) is 0 Å². The van der Waals surface area contributed by atoms with Crippen LogP contribution in [0.5, 0.6) is 11.5 Å². The van der Waals surface area contributed by atoms with Crippen molar-refractivity contribution in [1.82, 2.24) is 4.90 Å². The lowest BCUT2D eigenvalue weighted by Crippen LogP contribution is -2.30. The van der Waals surface area contributed by atoms with Crippen LogP contribution in [-0.4, -0.2) is 30.2 Å². The standard InChI is InChI=1S/C26H27NO3S/c1-29-23-14-13-22(18-24(23)30-19-21-10-6-3-7-11-21)26-27(16-17-31-26)25(28)15-12-20-8-4-2-5-9-20/h2-11,13-14,18,26H,12,15-17,19H2,1H3. The molecule has 0 radical (unpaired) electrons. The number of ether oxygens (including phenoxy) is 2. The molecule has 0 N–H and O–H groups in total. The lowest BCUT2D eigenvalue weighted by Gasteiger charge is -2.25. The maximum Gasteiger partial charge on any atom is 0.224 e. The molecule has 1 amide bonds. The quantitative estimate of drug-likeness (QED) is 0.471. The van der Waals surface area contributed by atoms with Crippen LogP contribution in [0.2, 0.25) is 0 Å². The predicted octanol–water partition coefficient (Wildman–Crippen LogP) is 5.48. The van der Waals surface area contributed by atoms with E-state index in [1.54, 1.807) is 18.9 Å². The number of methoxy groups -OCH3 is 1. The molecule has 0 bridgehead atoms. The number of carbonyl (C=O) groups excluding carboxylic acids is 1. The summed E-state index contributed by atoms with van der Waals surface area (Å²) in [6.07, 6.45) is 1.29. The van der Waals surface area contributed by atoms with E-state index in [2.05, 4.69) is 12.1 Å². The molecule has 5 heteroatoms. The second-order valence-corrected chi connectivity index (χ2v) is 8.67. The lowest BCUT2D eigenvalue weighted by molar-refractivity contribution is -0.131. The van der Waals surface area contributed by atoms with Crippen LogP contribution in [0.25, 0.3) is 0 Å². The summed E-state index contributed by atoms with van der Waals surface area (Å²) in [6.45, 7) is 1.24. The number of thioether (sulfide) groups is 1. The molecular formula is C26H27NO3S. The summed E-state index contributed by atoms with van der Waals surface area (Å²) < 4.78 is 11.6. The first-order chi connectivity index (χ1) is 15.2. The van der Waals surface area contributed by atoms with E-state index < -0.39 is 0 Å². The van der Waals surface area contributed by atoms with Gasteiger partial charge in [-0.3, -0.25) is 4.79 Å². The van der Waals surface area contributed by atoms with Crippen LogP contribution in [0.1, 0.15) is 28.5 Å².